The van der Waals surface area contributed by atoms with Gasteiger partial charge in [-0.2, -0.15) is 4.31 Å². The Bertz CT molecular complexity index is 906. The molecule has 1 aromatic carbocycles. The fraction of sp³-hybridized carbons (Fsp3) is 0.294. The van der Waals surface area contributed by atoms with Crippen LogP contribution in [0, 0.1) is 5.92 Å². The number of nitrogens with zero attached hydrogens (tertiary/aromatic N) is 1. The first-order chi connectivity index (χ1) is 12.9. The molecule has 1 aliphatic rings. The number of sulfonamides is 1. The van der Waals surface area contributed by atoms with E-state index in [1.165, 1.54) is 15.6 Å². The number of thiophene rings is 1. The van der Waals surface area contributed by atoms with Gasteiger partial charge in [-0.25, -0.2) is 8.42 Å². The lowest BCUT2D eigenvalue weighted by Gasteiger charge is -2.30. The van der Waals surface area contributed by atoms with Crippen molar-refractivity contribution in [2.24, 2.45) is 5.92 Å². The van der Waals surface area contributed by atoms with Gasteiger partial charge in [0.05, 0.1) is 0 Å². The number of amides is 2. The molecule has 0 atom stereocenters. The third-order valence-electron chi connectivity index (χ3n) is 4.32. The first-order valence-electron chi connectivity index (χ1n) is 8.27. The molecule has 0 aliphatic carbocycles. The van der Waals surface area contributed by atoms with E-state index in [9.17, 15) is 18.0 Å². The number of carbonyl (C=O) groups is 2. The van der Waals surface area contributed by atoms with Crippen LogP contribution in [0.25, 0.3) is 0 Å². The molecule has 2 amide bonds. The van der Waals surface area contributed by atoms with Crippen LogP contribution in [0.15, 0.2) is 50.5 Å². The molecule has 0 saturated carbocycles. The topological polar surface area (TPSA) is 95.6 Å². The molecule has 0 radical (unpaired) electrons. The van der Waals surface area contributed by atoms with Crippen LogP contribution in [-0.4, -0.2) is 37.6 Å². The predicted octanol–water partition coefficient (Wildman–Crippen LogP) is 2.37. The zero-order valence-electron chi connectivity index (χ0n) is 14.2. The standard InChI is InChI=1S/C17H18BrN3O4S2/c18-14-5-3-12(4-6-14)16(22)19-20-17(23)13-7-9-21(10-8-13)27(24,25)15-2-1-11-26-15/h1-6,11,13H,7-10H2,(H,19,22)(H,20,23). The van der Waals surface area contributed by atoms with Gasteiger partial charge in [0, 0.05) is 29.0 Å². The van der Waals surface area contributed by atoms with Crippen LogP contribution in [0.3, 0.4) is 0 Å². The summed E-state index contributed by atoms with van der Waals surface area (Å²) in [5.74, 6) is -1.06. The van der Waals surface area contributed by atoms with Crippen LogP contribution in [0.1, 0.15) is 23.2 Å². The summed E-state index contributed by atoms with van der Waals surface area (Å²) >= 11 is 4.47. The first-order valence-corrected chi connectivity index (χ1v) is 11.4. The molecular weight excluding hydrogens is 454 g/mol. The van der Waals surface area contributed by atoms with Crippen LogP contribution in [0.2, 0.25) is 0 Å². The summed E-state index contributed by atoms with van der Waals surface area (Å²) in [6.45, 7) is 0.554. The van der Waals surface area contributed by atoms with Gasteiger partial charge in [-0.3, -0.25) is 20.4 Å². The second-order valence-corrected chi connectivity index (χ2v) is 10.1. The number of carbonyl (C=O) groups excluding carboxylic acids is 2. The highest BCUT2D eigenvalue weighted by molar-refractivity contribution is 9.10. The van der Waals surface area contributed by atoms with Crippen molar-refractivity contribution < 1.29 is 18.0 Å². The SMILES string of the molecule is O=C(NNC(=O)C1CCN(S(=O)(=O)c2cccs2)CC1)c1ccc(Br)cc1. The van der Waals surface area contributed by atoms with Gasteiger partial charge in [-0.05, 0) is 48.6 Å². The molecule has 1 aliphatic heterocycles. The van der Waals surface area contributed by atoms with E-state index in [0.717, 1.165) is 4.47 Å². The minimum atomic E-state index is -3.49. The maximum Gasteiger partial charge on any atom is 0.269 e. The van der Waals surface area contributed by atoms with Crippen molar-refractivity contribution in [3.8, 4) is 0 Å². The Balaban J connectivity index is 1.50. The van der Waals surface area contributed by atoms with E-state index in [0.29, 0.717) is 22.6 Å². The lowest BCUT2D eigenvalue weighted by Crippen LogP contribution is -2.48. The van der Waals surface area contributed by atoms with Gasteiger partial charge in [-0.1, -0.05) is 22.0 Å². The van der Waals surface area contributed by atoms with Gasteiger partial charge in [0.1, 0.15) is 4.21 Å². The second kappa shape index (κ2) is 8.51. The Morgan fingerprint density at radius 2 is 1.74 bits per heavy atom. The largest absolute Gasteiger partial charge is 0.273 e. The Morgan fingerprint density at radius 1 is 1.07 bits per heavy atom. The molecule has 2 N–H and O–H groups in total. The minimum Gasteiger partial charge on any atom is -0.273 e. The van der Waals surface area contributed by atoms with Gasteiger partial charge >= 0.3 is 0 Å². The lowest BCUT2D eigenvalue weighted by molar-refractivity contribution is -0.126. The number of hydrogen-bond acceptors (Lipinski definition) is 5. The third kappa shape index (κ3) is 4.75. The molecule has 2 heterocycles. The van der Waals surface area contributed by atoms with Gasteiger partial charge in [0.2, 0.25) is 5.91 Å². The summed E-state index contributed by atoms with van der Waals surface area (Å²) in [5, 5.41) is 1.72. The molecule has 0 bridgehead atoms. The highest BCUT2D eigenvalue weighted by Crippen LogP contribution is 2.26. The van der Waals surface area contributed by atoms with Gasteiger partial charge in [0.15, 0.2) is 0 Å². The normalized spacial score (nSPS) is 16.0. The first kappa shape index (κ1) is 20.0. The zero-order valence-corrected chi connectivity index (χ0v) is 17.4. The van der Waals surface area contributed by atoms with Crippen LogP contribution in [0.4, 0.5) is 0 Å². The number of hydrogen-bond donors (Lipinski definition) is 2. The summed E-state index contributed by atoms with van der Waals surface area (Å²) in [5.41, 5.74) is 5.25. The predicted molar refractivity (Wildman–Crippen MR) is 106 cm³/mol. The highest BCUT2D eigenvalue weighted by atomic mass is 79.9. The Hall–Kier alpha value is -1.75. The molecule has 0 unspecified atom stereocenters. The second-order valence-electron chi connectivity index (χ2n) is 6.06. The molecule has 1 aromatic heterocycles. The summed E-state index contributed by atoms with van der Waals surface area (Å²) in [4.78, 5) is 24.3. The summed E-state index contributed by atoms with van der Waals surface area (Å²) in [6, 6.07) is 10.0. The van der Waals surface area contributed by atoms with E-state index in [2.05, 4.69) is 26.8 Å². The average Bonchev–Trinajstić information content (AvgIpc) is 3.22. The summed E-state index contributed by atoms with van der Waals surface area (Å²) < 4.78 is 27.6. The molecule has 1 fully saturated rings. The van der Waals surface area contributed by atoms with E-state index < -0.39 is 15.9 Å². The number of halogens is 1. The average molecular weight is 472 g/mol. The van der Waals surface area contributed by atoms with E-state index in [-0.39, 0.29) is 24.9 Å². The smallest absolute Gasteiger partial charge is 0.269 e. The maximum atomic E-state index is 12.5. The molecule has 3 rings (SSSR count). The highest BCUT2D eigenvalue weighted by Gasteiger charge is 2.32. The molecule has 7 nitrogen and oxygen atoms in total. The van der Waals surface area contributed by atoms with Crippen molar-refractivity contribution in [2.45, 2.75) is 17.1 Å². The quantitative estimate of drug-likeness (QED) is 0.668. The Morgan fingerprint density at radius 3 is 2.33 bits per heavy atom. The molecule has 1 saturated heterocycles. The fourth-order valence-corrected chi connectivity index (χ4v) is 5.67. The van der Waals surface area contributed by atoms with Gasteiger partial charge in [0.25, 0.3) is 15.9 Å². The van der Waals surface area contributed by atoms with Gasteiger partial charge < -0.3 is 0 Å². The molecule has 27 heavy (non-hydrogen) atoms. The van der Waals surface area contributed by atoms with Crippen molar-refractivity contribution in [1.82, 2.24) is 15.2 Å². The minimum absolute atomic E-state index is 0.277. The van der Waals surface area contributed by atoms with Crippen LogP contribution >= 0.6 is 27.3 Å². The van der Waals surface area contributed by atoms with Crippen molar-refractivity contribution in [2.75, 3.05) is 13.1 Å². The number of hydrazine groups is 1. The Labute approximate surface area is 169 Å². The van der Waals surface area contributed by atoms with E-state index in [1.807, 2.05) is 0 Å². The summed E-state index contributed by atoms with van der Waals surface area (Å²) in [6.07, 6.45) is 0.815. The molecule has 0 spiro atoms. The Kier molecular flexibility index (Phi) is 6.30. The van der Waals surface area contributed by atoms with Crippen molar-refractivity contribution in [3.05, 3.63) is 51.8 Å². The monoisotopic (exact) mass is 471 g/mol. The number of nitrogens with one attached hydrogen (secondary N) is 2. The van der Waals surface area contributed by atoms with Crippen LogP contribution < -0.4 is 10.9 Å². The maximum absolute atomic E-state index is 12.5. The molecular formula is C17H18BrN3O4S2. The molecule has 144 valence electrons. The van der Waals surface area contributed by atoms with Crippen molar-refractivity contribution in [3.63, 3.8) is 0 Å². The lowest BCUT2D eigenvalue weighted by atomic mass is 9.98. The van der Waals surface area contributed by atoms with E-state index >= 15 is 0 Å². The summed E-state index contributed by atoms with van der Waals surface area (Å²) in [7, 11) is -3.49. The molecule has 10 heteroatoms. The van der Waals surface area contributed by atoms with Crippen LogP contribution in [0.5, 0.6) is 0 Å². The fourth-order valence-electron chi connectivity index (χ4n) is 2.79. The number of rotatable bonds is 4. The number of piperidine rings is 1. The number of benzene rings is 1. The van der Waals surface area contributed by atoms with Crippen molar-refractivity contribution >= 4 is 49.1 Å². The van der Waals surface area contributed by atoms with Crippen LogP contribution in [-0.2, 0) is 14.8 Å². The zero-order chi connectivity index (χ0) is 19.4. The van der Waals surface area contributed by atoms with E-state index in [1.54, 1.807) is 41.8 Å². The van der Waals surface area contributed by atoms with Crippen molar-refractivity contribution in [1.29, 1.82) is 0 Å². The third-order valence-corrected chi connectivity index (χ3v) is 8.12. The van der Waals surface area contributed by atoms with E-state index in [4.69, 9.17) is 0 Å². The molecule has 2 aromatic rings. The van der Waals surface area contributed by atoms with Gasteiger partial charge in [-0.15, -0.1) is 11.3 Å².